The van der Waals surface area contributed by atoms with Crippen molar-refractivity contribution in [2.24, 2.45) is 0 Å². The van der Waals surface area contributed by atoms with E-state index in [2.05, 4.69) is 5.32 Å². The first-order valence-electron chi connectivity index (χ1n) is 5.05. The number of aromatic carboxylic acids is 1. The maximum Gasteiger partial charge on any atom is 0.335 e. The minimum absolute atomic E-state index is 0.00426. The molecule has 94 valence electrons. The summed E-state index contributed by atoms with van der Waals surface area (Å²) in [6.45, 7) is 1.73. The van der Waals surface area contributed by atoms with Crippen molar-refractivity contribution in [3.05, 3.63) is 29.8 Å². The lowest BCUT2D eigenvalue weighted by atomic mass is 10.2. The highest BCUT2D eigenvalue weighted by Crippen LogP contribution is 2.12. The number of hydrogen-bond donors (Lipinski definition) is 2. The average molecular weight is 257 g/mol. The zero-order valence-electron chi connectivity index (χ0n) is 9.67. The first-order chi connectivity index (χ1) is 7.78. The summed E-state index contributed by atoms with van der Waals surface area (Å²) >= 11 is 0. The third-order valence-corrected chi connectivity index (χ3v) is 3.18. The van der Waals surface area contributed by atoms with Crippen LogP contribution in [0.25, 0.3) is 0 Å². The van der Waals surface area contributed by atoms with Gasteiger partial charge in [0.1, 0.15) is 9.84 Å². The Labute approximate surface area is 100 Å². The molecule has 1 rings (SSSR count). The van der Waals surface area contributed by atoms with Crippen LogP contribution in [0.2, 0.25) is 0 Å². The van der Waals surface area contributed by atoms with Crippen LogP contribution in [-0.2, 0) is 9.84 Å². The summed E-state index contributed by atoms with van der Waals surface area (Å²) in [4.78, 5) is 10.7. The first-order valence-corrected chi connectivity index (χ1v) is 7.11. The van der Waals surface area contributed by atoms with Crippen molar-refractivity contribution in [1.82, 2.24) is 0 Å². The van der Waals surface area contributed by atoms with E-state index >= 15 is 0 Å². The summed E-state index contributed by atoms with van der Waals surface area (Å²) in [5.41, 5.74) is 0.766. The highest BCUT2D eigenvalue weighted by molar-refractivity contribution is 7.90. The van der Waals surface area contributed by atoms with E-state index in [1.54, 1.807) is 19.1 Å². The number of carboxylic acid groups (broad SMARTS) is 1. The van der Waals surface area contributed by atoms with E-state index in [9.17, 15) is 13.2 Å². The molecule has 0 amide bonds. The Morgan fingerprint density at radius 1 is 1.47 bits per heavy atom. The molecule has 0 bridgehead atoms. The second-order valence-electron chi connectivity index (χ2n) is 4.02. The quantitative estimate of drug-likeness (QED) is 0.829. The lowest BCUT2D eigenvalue weighted by molar-refractivity contribution is 0.0697. The van der Waals surface area contributed by atoms with E-state index in [1.807, 2.05) is 0 Å². The molecule has 0 fully saturated rings. The smallest absolute Gasteiger partial charge is 0.335 e. The zero-order valence-corrected chi connectivity index (χ0v) is 10.5. The fraction of sp³-hybridized carbons (Fsp3) is 0.364. The Morgan fingerprint density at radius 3 is 2.65 bits per heavy atom. The molecule has 1 aromatic rings. The number of carboxylic acids is 1. The van der Waals surface area contributed by atoms with Gasteiger partial charge in [0.2, 0.25) is 0 Å². The van der Waals surface area contributed by atoms with Crippen LogP contribution in [0.1, 0.15) is 17.3 Å². The second kappa shape index (κ2) is 5.18. The maximum atomic E-state index is 11.1. The molecular weight excluding hydrogens is 242 g/mol. The summed E-state index contributed by atoms with van der Waals surface area (Å²) in [6, 6.07) is 5.99. The van der Waals surface area contributed by atoms with Crippen molar-refractivity contribution in [1.29, 1.82) is 0 Å². The SMILES string of the molecule is CC(CS(C)(=O)=O)Nc1cccc(C(=O)O)c1. The summed E-state index contributed by atoms with van der Waals surface area (Å²) in [6.07, 6.45) is 1.17. The van der Waals surface area contributed by atoms with E-state index in [1.165, 1.54) is 18.4 Å². The van der Waals surface area contributed by atoms with Crippen molar-refractivity contribution in [2.45, 2.75) is 13.0 Å². The minimum atomic E-state index is -3.05. The molecule has 0 aliphatic heterocycles. The Kier molecular flexibility index (Phi) is 4.11. The summed E-state index contributed by atoms with van der Waals surface area (Å²) < 4.78 is 22.1. The number of carbonyl (C=O) groups is 1. The van der Waals surface area contributed by atoms with Crippen molar-refractivity contribution in [3.8, 4) is 0 Å². The van der Waals surface area contributed by atoms with Gasteiger partial charge in [-0.05, 0) is 25.1 Å². The monoisotopic (exact) mass is 257 g/mol. The van der Waals surface area contributed by atoms with Crippen LogP contribution in [-0.4, -0.2) is 37.5 Å². The molecule has 0 saturated heterocycles. The van der Waals surface area contributed by atoms with Gasteiger partial charge in [-0.15, -0.1) is 0 Å². The zero-order chi connectivity index (χ0) is 13.1. The fourth-order valence-corrected chi connectivity index (χ4v) is 2.51. The molecule has 0 spiro atoms. The van der Waals surface area contributed by atoms with Gasteiger partial charge in [0.05, 0.1) is 11.3 Å². The lowest BCUT2D eigenvalue weighted by Gasteiger charge is -2.14. The topological polar surface area (TPSA) is 83.5 Å². The highest BCUT2D eigenvalue weighted by atomic mass is 32.2. The summed E-state index contributed by atoms with van der Waals surface area (Å²) in [7, 11) is -3.05. The Balaban J connectivity index is 2.75. The van der Waals surface area contributed by atoms with Gasteiger partial charge in [0.25, 0.3) is 0 Å². The minimum Gasteiger partial charge on any atom is -0.478 e. The van der Waals surface area contributed by atoms with Crippen molar-refractivity contribution in [3.63, 3.8) is 0 Å². The molecule has 5 nitrogen and oxygen atoms in total. The summed E-state index contributed by atoms with van der Waals surface area (Å²) in [5, 5.41) is 11.8. The molecule has 0 radical (unpaired) electrons. The van der Waals surface area contributed by atoms with Gasteiger partial charge >= 0.3 is 5.97 Å². The first kappa shape index (κ1) is 13.5. The molecule has 0 heterocycles. The number of rotatable bonds is 5. The number of hydrogen-bond acceptors (Lipinski definition) is 4. The van der Waals surface area contributed by atoms with Crippen LogP contribution >= 0.6 is 0 Å². The van der Waals surface area contributed by atoms with Crippen LogP contribution in [0, 0.1) is 0 Å². The van der Waals surface area contributed by atoms with Gasteiger partial charge in [0, 0.05) is 18.0 Å². The van der Waals surface area contributed by atoms with E-state index in [4.69, 9.17) is 5.11 Å². The number of benzene rings is 1. The molecule has 1 atom stereocenters. The number of sulfone groups is 1. The predicted octanol–water partition coefficient (Wildman–Crippen LogP) is 1.23. The molecule has 2 N–H and O–H groups in total. The van der Waals surface area contributed by atoms with Gasteiger partial charge in [-0.2, -0.15) is 0 Å². The van der Waals surface area contributed by atoms with Crippen molar-refractivity contribution < 1.29 is 18.3 Å². The van der Waals surface area contributed by atoms with Crippen LogP contribution in [0.4, 0.5) is 5.69 Å². The second-order valence-corrected chi connectivity index (χ2v) is 6.21. The van der Waals surface area contributed by atoms with Crippen LogP contribution in [0.5, 0.6) is 0 Å². The Bertz CT molecular complexity index is 510. The van der Waals surface area contributed by atoms with Crippen molar-refractivity contribution in [2.75, 3.05) is 17.3 Å². The molecule has 0 aromatic heterocycles. The van der Waals surface area contributed by atoms with Crippen LogP contribution in [0.3, 0.4) is 0 Å². The standard InChI is InChI=1S/C11H15NO4S/c1-8(7-17(2,15)16)12-10-5-3-4-9(6-10)11(13)14/h3-6,8,12H,7H2,1-2H3,(H,13,14). The molecule has 0 aliphatic carbocycles. The van der Waals surface area contributed by atoms with E-state index in [0.717, 1.165) is 0 Å². The summed E-state index contributed by atoms with van der Waals surface area (Å²) in [5.74, 6) is -1.01. The third-order valence-electron chi connectivity index (χ3n) is 2.08. The highest BCUT2D eigenvalue weighted by Gasteiger charge is 2.11. The van der Waals surface area contributed by atoms with Crippen LogP contribution in [0.15, 0.2) is 24.3 Å². The predicted molar refractivity (Wildman–Crippen MR) is 66.2 cm³/mol. The number of nitrogens with one attached hydrogen (secondary N) is 1. The molecule has 1 unspecified atom stereocenters. The lowest BCUT2D eigenvalue weighted by Crippen LogP contribution is -2.25. The van der Waals surface area contributed by atoms with Gasteiger partial charge in [-0.3, -0.25) is 0 Å². The Morgan fingerprint density at radius 2 is 2.12 bits per heavy atom. The molecule has 17 heavy (non-hydrogen) atoms. The number of anilines is 1. The van der Waals surface area contributed by atoms with Crippen molar-refractivity contribution >= 4 is 21.5 Å². The van der Waals surface area contributed by atoms with Gasteiger partial charge in [-0.1, -0.05) is 6.07 Å². The Hall–Kier alpha value is -1.56. The van der Waals surface area contributed by atoms with Gasteiger partial charge in [-0.25, -0.2) is 13.2 Å². The maximum absolute atomic E-state index is 11.1. The van der Waals surface area contributed by atoms with Crippen LogP contribution < -0.4 is 5.32 Å². The van der Waals surface area contributed by atoms with E-state index in [-0.39, 0.29) is 17.4 Å². The molecule has 6 heteroatoms. The van der Waals surface area contributed by atoms with Gasteiger partial charge in [0.15, 0.2) is 0 Å². The molecule has 0 saturated carbocycles. The normalized spacial score (nSPS) is 13.1. The fourth-order valence-electron chi connectivity index (χ4n) is 1.52. The molecule has 0 aliphatic rings. The average Bonchev–Trinajstić information content (AvgIpc) is 2.14. The van der Waals surface area contributed by atoms with E-state index < -0.39 is 15.8 Å². The van der Waals surface area contributed by atoms with Gasteiger partial charge < -0.3 is 10.4 Å². The molecule has 1 aromatic carbocycles. The third kappa shape index (κ3) is 4.86. The largest absolute Gasteiger partial charge is 0.478 e. The van der Waals surface area contributed by atoms with E-state index in [0.29, 0.717) is 5.69 Å². The molecular formula is C11H15NO4S.